The van der Waals surface area contributed by atoms with Gasteiger partial charge in [0.05, 0.1) is 6.26 Å². The molecule has 0 radical (unpaired) electrons. The van der Waals surface area contributed by atoms with Gasteiger partial charge < -0.3 is 15.2 Å². The molecule has 1 aliphatic carbocycles. The molecule has 1 amide bonds. The van der Waals surface area contributed by atoms with Gasteiger partial charge in [-0.05, 0) is 67.9 Å². The van der Waals surface area contributed by atoms with Crippen LogP contribution in [-0.2, 0) is 25.2 Å². The van der Waals surface area contributed by atoms with E-state index in [9.17, 15) is 18.0 Å². The minimum absolute atomic E-state index is 0.0406. The molecule has 4 rings (SSSR count). The molecule has 2 aliphatic rings. The van der Waals surface area contributed by atoms with Gasteiger partial charge in [-0.25, -0.2) is 8.42 Å². The summed E-state index contributed by atoms with van der Waals surface area (Å²) >= 11 is 6.08. The molecule has 0 bridgehead atoms. The molecular formula is C25H30ClN3O6S. The lowest BCUT2D eigenvalue weighted by Crippen LogP contribution is -2.40. The number of unbranched alkanes of at least 4 members (excludes halogenated alkanes) is 1. The van der Waals surface area contributed by atoms with Crippen LogP contribution in [0.3, 0.4) is 0 Å². The number of fused-ring (bicyclic) bond motifs is 1. The van der Waals surface area contributed by atoms with E-state index in [1.54, 1.807) is 31.3 Å². The fourth-order valence-corrected chi connectivity index (χ4v) is 5.81. The van der Waals surface area contributed by atoms with Crippen LogP contribution >= 0.6 is 11.6 Å². The van der Waals surface area contributed by atoms with Crippen molar-refractivity contribution in [3.8, 4) is 5.88 Å². The van der Waals surface area contributed by atoms with E-state index >= 15 is 0 Å². The zero-order chi connectivity index (χ0) is 26.3. The van der Waals surface area contributed by atoms with Gasteiger partial charge in [-0.15, -0.1) is 0 Å². The van der Waals surface area contributed by atoms with Crippen LogP contribution in [0.2, 0.25) is 5.02 Å². The van der Waals surface area contributed by atoms with Crippen molar-refractivity contribution >= 4 is 39.3 Å². The number of rotatable bonds is 10. The summed E-state index contributed by atoms with van der Waals surface area (Å²) in [7, 11) is -2.15. The molecule has 36 heavy (non-hydrogen) atoms. The van der Waals surface area contributed by atoms with Crippen LogP contribution in [0.15, 0.2) is 30.3 Å². The van der Waals surface area contributed by atoms with Crippen molar-refractivity contribution in [3.05, 3.63) is 52.0 Å². The van der Waals surface area contributed by atoms with E-state index < -0.39 is 27.5 Å². The lowest BCUT2D eigenvalue weighted by atomic mass is 9.79. The molecular weight excluding hydrogens is 506 g/mol. The summed E-state index contributed by atoms with van der Waals surface area (Å²) in [5.41, 5.74) is 1.02. The number of anilines is 1. The third kappa shape index (κ3) is 5.15. The van der Waals surface area contributed by atoms with Crippen LogP contribution in [0.4, 0.5) is 5.82 Å². The predicted molar refractivity (Wildman–Crippen MR) is 136 cm³/mol. The van der Waals surface area contributed by atoms with Gasteiger partial charge in [0.25, 0.3) is 0 Å². The molecule has 9 nitrogen and oxygen atoms in total. The van der Waals surface area contributed by atoms with E-state index in [4.69, 9.17) is 26.4 Å². The Balaban J connectivity index is 1.80. The molecule has 0 saturated heterocycles. The standard InChI is InChI=1S/C25H30ClN3O6S/c1-25(16-9-11-17(26)12-10-16)21(23(32)27-2)19-14-18(15-7-8-15)22(28-24(19)35-25)29(36(3,33)34)13-5-4-6-20(30)31/h9-12,14-15,21H,4-8,13H2,1-3H3,(H,27,32)(H,30,31). The monoisotopic (exact) mass is 535 g/mol. The maximum absolute atomic E-state index is 13.1. The normalized spacial score (nSPS) is 20.9. The number of aromatic nitrogens is 1. The lowest BCUT2D eigenvalue weighted by Gasteiger charge is -2.30. The second-order valence-corrected chi connectivity index (χ2v) is 11.9. The summed E-state index contributed by atoms with van der Waals surface area (Å²) < 4.78 is 33.2. The van der Waals surface area contributed by atoms with Gasteiger partial charge in [0.1, 0.15) is 17.3 Å². The van der Waals surface area contributed by atoms with E-state index in [0.29, 0.717) is 23.4 Å². The van der Waals surface area contributed by atoms with Gasteiger partial charge in [-0.1, -0.05) is 23.7 Å². The number of hydrogen-bond donors (Lipinski definition) is 2. The highest BCUT2D eigenvalue weighted by Crippen LogP contribution is 2.53. The highest BCUT2D eigenvalue weighted by atomic mass is 35.5. The van der Waals surface area contributed by atoms with Crippen molar-refractivity contribution in [1.82, 2.24) is 10.3 Å². The number of pyridine rings is 1. The van der Waals surface area contributed by atoms with Gasteiger partial charge >= 0.3 is 5.97 Å². The molecule has 2 N–H and O–H groups in total. The molecule has 2 atom stereocenters. The van der Waals surface area contributed by atoms with Gasteiger partial charge in [0.2, 0.25) is 21.8 Å². The molecule has 1 aromatic heterocycles. The van der Waals surface area contributed by atoms with E-state index in [1.807, 2.05) is 13.0 Å². The number of aliphatic carboxylic acids is 1. The first-order valence-corrected chi connectivity index (χ1v) is 14.1. The Morgan fingerprint density at radius 2 is 1.89 bits per heavy atom. The Morgan fingerprint density at radius 3 is 2.44 bits per heavy atom. The van der Waals surface area contributed by atoms with Crippen LogP contribution in [0.5, 0.6) is 5.88 Å². The number of amides is 1. The minimum atomic E-state index is -3.71. The number of halogens is 1. The number of hydrogen-bond acceptors (Lipinski definition) is 6. The maximum atomic E-state index is 13.1. The van der Waals surface area contributed by atoms with Crippen LogP contribution in [0, 0.1) is 0 Å². The Morgan fingerprint density at radius 1 is 1.22 bits per heavy atom. The smallest absolute Gasteiger partial charge is 0.303 e. The molecule has 1 saturated carbocycles. The molecule has 1 fully saturated rings. The van der Waals surface area contributed by atoms with Gasteiger partial charge in [-0.2, -0.15) is 4.98 Å². The predicted octanol–water partition coefficient (Wildman–Crippen LogP) is 3.77. The van der Waals surface area contributed by atoms with Gasteiger partial charge in [0.15, 0.2) is 0 Å². The number of carbonyl (C=O) groups is 2. The van der Waals surface area contributed by atoms with Gasteiger partial charge in [-0.3, -0.25) is 13.9 Å². The second kappa shape index (κ2) is 9.89. The molecule has 194 valence electrons. The van der Waals surface area contributed by atoms with E-state index in [-0.39, 0.29) is 36.5 Å². The summed E-state index contributed by atoms with van der Waals surface area (Å²) in [6, 6.07) is 8.93. The van der Waals surface area contributed by atoms with Gasteiger partial charge in [0, 0.05) is 30.6 Å². The Labute approximate surface area is 215 Å². The summed E-state index contributed by atoms with van der Waals surface area (Å²) in [6.07, 6.45) is 3.57. The summed E-state index contributed by atoms with van der Waals surface area (Å²) in [6.45, 7) is 1.92. The van der Waals surface area contributed by atoms with Crippen LogP contribution in [-0.4, -0.2) is 50.2 Å². The molecule has 0 spiro atoms. The first-order valence-electron chi connectivity index (χ1n) is 11.9. The SMILES string of the molecule is CNC(=O)C1c2cc(C3CC3)c(N(CCCCC(=O)O)S(C)(=O)=O)nc2OC1(C)c1ccc(Cl)cc1. The average molecular weight is 536 g/mol. The van der Waals surface area contributed by atoms with Crippen molar-refractivity contribution in [2.24, 2.45) is 0 Å². The first kappa shape index (κ1) is 26.2. The van der Waals surface area contributed by atoms with Crippen molar-refractivity contribution in [1.29, 1.82) is 0 Å². The summed E-state index contributed by atoms with van der Waals surface area (Å²) in [5.74, 6) is -1.25. The third-order valence-corrected chi connectivity index (χ3v) is 8.18. The van der Waals surface area contributed by atoms with E-state index in [1.165, 1.54) is 4.31 Å². The molecule has 2 unspecified atom stereocenters. The Hall–Kier alpha value is -2.85. The highest BCUT2D eigenvalue weighted by molar-refractivity contribution is 7.92. The fourth-order valence-electron chi connectivity index (χ4n) is 4.76. The summed E-state index contributed by atoms with van der Waals surface area (Å²) in [5, 5.41) is 12.2. The van der Waals surface area contributed by atoms with E-state index in [2.05, 4.69) is 5.32 Å². The fraction of sp³-hybridized carbons (Fsp3) is 0.480. The van der Waals surface area contributed by atoms with Crippen molar-refractivity contribution in [2.45, 2.75) is 56.5 Å². The average Bonchev–Trinajstić information content (AvgIpc) is 3.60. The van der Waals surface area contributed by atoms with Crippen LogP contribution in [0.25, 0.3) is 0 Å². The quantitative estimate of drug-likeness (QED) is 0.443. The number of carbonyl (C=O) groups excluding carboxylic acids is 1. The Kier molecular flexibility index (Phi) is 7.21. The minimum Gasteiger partial charge on any atom is -0.481 e. The number of carboxylic acid groups (broad SMARTS) is 1. The Bertz CT molecular complexity index is 1280. The van der Waals surface area contributed by atoms with Crippen molar-refractivity contribution < 1.29 is 27.9 Å². The number of ether oxygens (including phenoxy) is 1. The maximum Gasteiger partial charge on any atom is 0.303 e. The molecule has 1 aliphatic heterocycles. The number of nitrogens with zero attached hydrogens (tertiary/aromatic N) is 2. The number of carboxylic acids is 1. The second-order valence-electron chi connectivity index (χ2n) is 9.52. The number of benzene rings is 1. The van der Waals surface area contributed by atoms with Crippen molar-refractivity contribution in [2.75, 3.05) is 24.2 Å². The van der Waals surface area contributed by atoms with E-state index in [0.717, 1.165) is 30.2 Å². The molecule has 2 aromatic rings. The molecule has 2 heterocycles. The number of nitrogens with one attached hydrogen (secondary N) is 1. The van der Waals surface area contributed by atoms with Crippen molar-refractivity contribution in [3.63, 3.8) is 0 Å². The largest absolute Gasteiger partial charge is 0.481 e. The highest BCUT2D eigenvalue weighted by Gasteiger charge is 2.52. The number of sulfonamides is 1. The zero-order valence-electron chi connectivity index (χ0n) is 20.5. The topological polar surface area (TPSA) is 126 Å². The molecule has 11 heteroatoms. The van der Waals surface area contributed by atoms with Crippen LogP contribution < -0.4 is 14.4 Å². The number of likely N-dealkylation sites (N-methyl/N-ethyl adjacent to an activating group) is 1. The molecule has 1 aromatic carbocycles. The first-order chi connectivity index (χ1) is 17.0. The summed E-state index contributed by atoms with van der Waals surface area (Å²) in [4.78, 5) is 28.7. The zero-order valence-corrected chi connectivity index (χ0v) is 22.0. The van der Waals surface area contributed by atoms with Crippen LogP contribution in [0.1, 0.15) is 67.6 Å². The lowest BCUT2D eigenvalue weighted by molar-refractivity contribution is -0.137. The third-order valence-electron chi connectivity index (χ3n) is 6.78.